The lowest BCUT2D eigenvalue weighted by Gasteiger charge is -2.06. The summed E-state index contributed by atoms with van der Waals surface area (Å²) >= 11 is 1.27. The van der Waals surface area contributed by atoms with Crippen LogP contribution in [-0.2, 0) is 6.61 Å². The number of ether oxygens (including phenoxy) is 2. The number of nitrogens with two attached hydrogens (primary N) is 1. The Balaban J connectivity index is 1.97. The molecule has 0 radical (unpaired) electrons. The van der Waals surface area contributed by atoms with Crippen LogP contribution in [0.15, 0.2) is 30.5 Å². The van der Waals surface area contributed by atoms with Gasteiger partial charge in [-0.1, -0.05) is 0 Å². The highest BCUT2D eigenvalue weighted by molar-refractivity contribution is 7.10. The molecule has 4 nitrogen and oxygen atoms in total. The Morgan fingerprint density at radius 1 is 1.25 bits per heavy atom. The van der Waals surface area contributed by atoms with Gasteiger partial charge in [-0.15, -0.1) is 0 Å². The van der Waals surface area contributed by atoms with E-state index in [-0.39, 0.29) is 0 Å². The lowest BCUT2D eigenvalue weighted by molar-refractivity contribution is 0.306. The molecule has 0 bridgehead atoms. The maximum atomic E-state index is 5.71. The number of nitrogen functional groups attached to an aromatic ring is 1. The van der Waals surface area contributed by atoms with Crippen molar-refractivity contribution < 1.29 is 9.47 Å². The van der Waals surface area contributed by atoms with Gasteiger partial charge in [0.05, 0.1) is 7.11 Å². The smallest absolute Gasteiger partial charge is 0.120 e. The van der Waals surface area contributed by atoms with Crippen LogP contribution in [-0.4, -0.2) is 11.5 Å². The fraction of sp³-hybridized carbons (Fsp3) is 0.182. The zero-order valence-electron chi connectivity index (χ0n) is 8.84. The molecule has 2 rings (SSSR count). The SMILES string of the molecule is COc1ccc(OCc2cnsc2N)cc1. The number of nitrogens with zero attached hydrogens (tertiary/aromatic N) is 1. The number of rotatable bonds is 4. The van der Waals surface area contributed by atoms with Crippen LogP contribution in [0, 0.1) is 0 Å². The third-order valence-electron chi connectivity index (χ3n) is 2.13. The van der Waals surface area contributed by atoms with Gasteiger partial charge in [0, 0.05) is 11.8 Å². The minimum Gasteiger partial charge on any atom is -0.497 e. The molecule has 0 unspecified atom stereocenters. The monoisotopic (exact) mass is 236 g/mol. The first-order valence-corrected chi connectivity index (χ1v) is 5.53. The third-order valence-corrected chi connectivity index (χ3v) is 2.80. The van der Waals surface area contributed by atoms with Gasteiger partial charge in [-0.3, -0.25) is 0 Å². The Hall–Kier alpha value is -1.75. The molecule has 1 heterocycles. The first kappa shape index (κ1) is 10.8. The minimum absolute atomic E-state index is 0.439. The Morgan fingerprint density at radius 3 is 2.50 bits per heavy atom. The first-order valence-electron chi connectivity index (χ1n) is 4.75. The number of aromatic nitrogens is 1. The van der Waals surface area contributed by atoms with Gasteiger partial charge in [0.2, 0.25) is 0 Å². The summed E-state index contributed by atoms with van der Waals surface area (Å²) in [6, 6.07) is 7.42. The summed E-state index contributed by atoms with van der Waals surface area (Å²) in [4.78, 5) is 0. The minimum atomic E-state index is 0.439. The van der Waals surface area contributed by atoms with Gasteiger partial charge in [-0.05, 0) is 35.8 Å². The van der Waals surface area contributed by atoms with Crippen molar-refractivity contribution >= 4 is 16.5 Å². The van der Waals surface area contributed by atoms with Crippen molar-refractivity contribution in [1.29, 1.82) is 0 Å². The summed E-state index contributed by atoms with van der Waals surface area (Å²) < 4.78 is 14.6. The fourth-order valence-electron chi connectivity index (χ4n) is 1.21. The predicted molar refractivity (Wildman–Crippen MR) is 63.9 cm³/mol. The molecule has 0 aliphatic rings. The molecule has 0 saturated heterocycles. The summed E-state index contributed by atoms with van der Waals surface area (Å²) in [6.07, 6.45) is 1.73. The van der Waals surface area contributed by atoms with E-state index >= 15 is 0 Å². The second-order valence-electron chi connectivity index (χ2n) is 3.18. The lowest BCUT2D eigenvalue weighted by atomic mass is 10.3. The molecule has 16 heavy (non-hydrogen) atoms. The van der Waals surface area contributed by atoms with Crippen molar-refractivity contribution in [3.8, 4) is 11.5 Å². The molecule has 1 aromatic carbocycles. The number of anilines is 1. The quantitative estimate of drug-likeness (QED) is 0.885. The molecule has 1 aromatic heterocycles. The molecule has 0 atom stereocenters. The van der Waals surface area contributed by atoms with E-state index in [1.807, 2.05) is 24.3 Å². The molecule has 2 N–H and O–H groups in total. The van der Waals surface area contributed by atoms with Gasteiger partial charge in [-0.2, -0.15) is 4.37 Å². The Morgan fingerprint density at radius 2 is 1.94 bits per heavy atom. The second kappa shape index (κ2) is 4.85. The first-order chi connectivity index (χ1) is 7.79. The van der Waals surface area contributed by atoms with Gasteiger partial charge in [0.15, 0.2) is 0 Å². The summed E-state index contributed by atoms with van der Waals surface area (Å²) in [5, 5.41) is 0.702. The lowest BCUT2D eigenvalue weighted by Crippen LogP contribution is -1.96. The average molecular weight is 236 g/mol. The summed E-state index contributed by atoms with van der Waals surface area (Å²) in [7, 11) is 1.63. The van der Waals surface area contributed by atoms with Crippen LogP contribution in [0.2, 0.25) is 0 Å². The molecule has 0 amide bonds. The standard InChI is InChI=1S/C11H12N2O2S/c1-14-9-2-4-10(5-3-9)15-7-8-6-13-16-11(8)12/h2-6H,7,12H2,1H3. The maximum Gasteiger partial charge on any atom is 0.120 e. The van der Waals surface area contributed by atoms with Crippen LogP contribution in [0.5, 0.6) is 11.5 Å². The van der Waals surface area contributed by atoms with Crippen molar-refractivity contribution in [3.63, 3.8) is 0 Å². The summed E-state index contributed by atoms with van der Waals surface area (Å²) in [6.45, 7) is 0.439. The van der Waals surface area contributed by atoms with E-state index in [1.54, 1.807) is 13.3 Å². The molecule has 0 fully saturated rings. The molecule has 0 saturated carbocycles. The fourth-order valence-corrected chi connectivity index (χ4v) is 1.73. The zero-order valence-corrected chi connectivity index (χ0v) is 9.66. The van der Waals surface area contributed by atoms with E-state index in [9.17, 15) is 0 Å². The van der Waals surface area contributed by atoms with Crippen molar-refractivity contribution in [2.24, 2.45) is 0 Å². The Kier molecular flexibility index (Phi) is 3.26. The molecule has 0 spiro atoms. The second-order valence-corrected chi connectivity index (χ2v) is 4.01. The van der Waals surface area contributed by atoms with E-state index in [0.29, 0.717) is 11.6 Å². The predicted octanol–water partition coefficient (Wildman–Crippen LogP) is 2.31. The molecular weight excluding hydrogens is 224 g/mol. The highest BCUT2D eigenvalue weighted by atomic mass is 32.1. The van der Waals surface area contributed by atoms with Crippen molar-refractivity contribution in [1.82, 2.24) is 4.37 Å². The molecule has 5 heteroatoms. The maximum absolute atomic E-state index is 5.71. The van der Waals surface area contributed by atoms with Crippen LogP contribution in [0.1, 0.15) is 5.56 Å². The molecule has 84 valence electrons. The van der Waals surface area contributed by atoms with E-state index in [4.69, 9.17) is 15.2 Å². The van der Waals surface area contributed by atoms with Crippen molar-refractivity contribution in [3.05, 3.63) is 36.0 Å². The van der Waals surface area contributed by atoms with E-state index in [2.05, 4.69) is 4.37 Å². The highest BCUT2D eigenvalue weighted by Crippen LogP contribution is 2.21. The zero-order chi connectivity index (χ0) is 11.4. The van der Waals surface area contributed by atoms with Crippen LogP contribution in [0.3, 0.4) is 0 Å². The highest BCUT2D eigenvalue weighted by Gasteiger charge is 2.02. The Labute approximate surface area is 97.8 Å². The summed E-state index contributed by atoms with van der Waals surface area (Å²) in [5.41, 5.74) is 6.62. The van der Waals surface area contributed by atoms with Crippen LogP contribution in [0.25, 0.3) is 0 Å². The Bertz CT molecular complexity index is 453. The van der Waals surface area contributed by atoms with Crippen molar-refractivity contribution in [2.75, 3.05) is 12.8 Å². The van der Waals surface area contributed by atoms with Crippen LogP contribution < -0.4 is 15.2 Å². The third kappa shape index (κ3) is 2.43. The van der Waals surface area contributed by atoms with Gasteiger partial charge in [0.1, 0.15) is 23.1 Å². The van der Waals surface area contributed by atoms with Gasteiger partial charge in [0.25, 0.3) is 0 Å². The molecule has 0 aliphatic carbocycles. The van der Waals surface area contributed by atoms with Gasteiger partial charge < -0.3 is 15.2 Å². The number of methoxy groups -OCH3 is 1. The van der Waals surface area contributed by atoms with Crippen LogP contribution >= 0.6 is 11.5 Å². The van der Waals surface area contributed by atoms with Gasteiger partial charge >= 0.3 is 0 Å². The van der Waals surface area contributed by atoms with E-state index in [0.717, 1.165) is 17.1 Å². The largest absolute Gasteiger partial charge is 0.497 e. The number of hydrogen-bond acceptors (Lipinski definition) is 5. The number of benzene rings is 1. The molecule has 0 aliphatic heterocycles. The van der Waals surface area contributed by atoms with E-state index in [1.165, 1.54) is 11.5 Å². The average Bonchev–Trinajstić information content (AvgIpc) is 2.73. The van der Waals surface area contributed by atoms with E-state index < -0.39 is 0 Å². The topological polar surface area (TPSA) is 57.4 Å². The van der Waals surface area contributed by atoms with Gasteiger partial charge in [-0.25, -0.2) is 0 Å². The summed E-state index contributed by atoms with van der Waals surface area (Å²) in [5.74, 6) is 1.59. The molecular formula is C11H12N2O2S. The van der Waals surface area contributed by atoms with Crippen LogP contribution in [0.4, 0.5) is 5.00 Å². The number of hydrogen-bond donors (Lipinski definition) is 1. The molecule has 2 aromatic rings. The normalized spacial score (nSPS) is 10.1. The van der Waals surface area contributed by atoms with Crippen molar-refractivity contribution in [2.45, 2.75) is 6.61 Å².